The van der Waals surface area contributed by atoms with Crippen LogP contribution in [0.15, 0.2) is 36.4 Å². The molecule has 1 aliphatic carbocycles. The van der Waals surface area contributed by atoms with Crippen molar-refractivity contribution in [3.05, 3.63) is 42.0 Å². The number of methoxy groups -OCH3 is 2. The third kappa shape index (κ3) is 4.60. The van der Waals surface area contributed by atoms with Crippen molar-refractivity contribution in [2.75, 3.05) is 34.4 Å². The lowest BCUT2D eigenvalue weighted by molar-refractivity contribution is 0.0230. The molecule has 2 fully saturated rings. The molecule has 2 aromatic rings. The van der Waals surface area contributed by atoms with Crippen LogP contribution in [0.2, 0.25) is 0 Å². The number of fused-ring (bicyclic) bond motifs is 1. The summed E-state index contributed by atoms with van der Waals surface area (Å²) in [6.45, 7) is 2.46. The lowest BCUT2D eigenvalue weighted by Crippen LogP contribution is -2.47. The van der Waals surface area contributed by atoms with Crippen LogP contribution < -0.4 is 10.1 Å². The van der Waals surface area contributed by atoms with Crippen LogP contribution in [-0.4, -0.2) is 51.4 Å². The monoisotopic (exact) mass is 396 g/mol. The number of nitrogens with zero attached hydrogens (tertiary/aromatic N) is 1. The quantitative estimate of drug-likeness (QED) is 0.762. The normalized spacial score (nSPS) is 27.1. The molecule has 1 saturated carbocycles. The Labute approximate surface area is 175 Å². The highest BCUT2D eigenvalue weighted by Crippen LogP contribution is 2.35. The Balaban J connectivity index is 1.47. The highest BCUT2D eigenvalue weighted by molar-refractivity contribution is 5.84. The van der Waals surface area contributed by atoms with E-state index < -0.39 is 0 Å². The Bertz CT molecular complexity index is 801. The van der Waals surface area contributed by atoms with Gasteiger partial charge in [-0.2, -0.15) is 0 Å². The molecule has 0 spiro atoms. The Morgan fingerprint density at radius 1 is 0.966 bits per heavy atom. The van der Waals surface area contributed by atoms with Gasteiger partial charge in [0, 0.05) is 25.7 Å². The first-order chi connectivity index (χ1) is 14.2. The molecule has 4 nitrogen and oxygen atoms in total. The summed E-state index contributed by atoms with van der Waals surface area (Å²) in [6, 6.07) is 14.4. The minimum atomic E-state index is 0.402. The van der Waals surface area contributed by atoms with Crippen molar-refractivity contribution in [2.45, 2.75) is 56.7 Å². The highest BCUT2D eigenvalue weighted by Gasteiger charge is 2.32. The Hall–Kier alpha value is -1.62. The topological polar surface area (TPSA) is 33.7 Å². The molecule has 0 radical (unpaired) electrons. The molecule has 2 aromatic carbocycles. The lowest BCUT2D eigenvalue weighted by atomic mass is 9.83. The summed E-state index contributed by atoms with van der Waals surface area (Å²) in [4.78, 5) is 2.77. The fraction of sp³-hybridized carbons (Fsp3) is 0.600. The number of piperidine rings is 1. The number of ether oxygens (including phenoxy) is 2. The fourth-order valence-corrected chi connectivity index (χ4v) is 5.53. The van der Waals surface area contributed by atoms with Crippen LogP contribution in [0.5, 0.6) is 5.75 Å². The van der Waals surface area contributed by atoms with Crippen LogP contribution in [0, 0.1) is 5.92 Å². The van der Waals surface area contributed by atoms with Crippen LogP contribution in [-0.2, 0) is 4.74 Å². The summed E-state index contributed by atoms with van der Waals surface area (Å²) in [5.41, 5.74) is 1.40. The minimum Gasteiger partial charge on any atom is -0.497 e. The summed E-state index contributed by atoms with van der Waals surface area (Å²) >= 11 is 0. The number of benzene rings is 2. The molecule has 158 valence electrons. The number of rotatable bonds is 6. The minimum absolute atomic E-state index is 0.402. The van der Waals surface area contributed by atoms with Crippen LogP contribution >= 0.6 is 0 Å². The van der Waals surface area contributed by atoms with Crippen molar-refractivity contribution in [3.8, 4) is 5.75 Å². The highest BCUT2D eigenvalue weighted by atomic mass is 16.5. The zero-order valence-corrected chi connectivity index (χ0v) is 18.2. The molecule has 0 amide bonds. The number of nitrogens with one attached hydrogen (secondary N) is 1. The number of likely N-dealkylation sites (tertiary alicyclic amines) is 1. The van der Waals surface area contributed by atoms with Crippen molar-refractivity contribution >= 4 is 10.8 Å². The standard InChI is InChI=1S/C25H36N2O2/c1-26-25(20-7-6-19-16-24(29-3)11-8-18(19)15-20)21-5-4-14-27(17-21)22-9-12-23(28-2)13-10-22/h6-8,11,15-16,21-23,25-26H,4-5,9-10,12-14,17H2,1-3H3. The van der Waals surface area contributed by atoms with Crippen molar-refractivity contribution < 1.29 is 9.47 Å². The van der Waals surface area contributed by atoms with Gasteiger partial charge >= 0.3 is 0 Å². The van der Waals surface area contributed by atoms with Crippen molar-refractivity contribution in [2.24, 2.45) is 5.92 Å². The van der Waals surface area contributed by atoms with E-state index >= 15 is 0 Å². The van der Waals surface area contributed by atoms with Crippen molar-refractivity contribution in [1.82, 2.24) is 10.2 Å². The van der Waals surface area contributed by atoms with Crippen LogP contribution in [0.4, 0.5) is 0 Å². The van der Waals surface area contributed by atoms with E-state index in [1.165, 1.54) is 68.0 Å². The molecule has 0 aromatic heterocycles. The molecule has 4 heteroatoms. The molecule has 1 aliphatic heterocycles. The van der Waals surface area contributed by atoms with Gasteiger partial charge in [0.2, 0.25) is 0 Å². The molecule has 1 saturated heterocycles. The van der Waals surface area contributed by atoms with E-state index in [9.17, 15) is 0 Å². The maximum absolute atomic E-state index is 5.57. The van der Waals surface area contributed by atoms with Crippen molar-refractivity contribution in [1.29, 1.82) is 0 Å². The molecule has 1 N–H and O–H groups in total. The Morgan fingerprint density at radius 2 is 1.72 bits per heavy atom. The average Bonchev–Trinajstić information content (AvgIpc) is 2.79. The van der Waals surface area contributed by atoms with Gasteiger partial charge in [-0.15, -0.1) is 0 Å². The van der Waals surface area contributed by atoms with Crippen molar-refractivity contribution in [3.63, 3.8) is 0 Å². The first-order valence-electron chi connectivity index (χ1n) is 11.2. The summed E-state index contributed by atoms with van der Waals surface area (Å²) in [7, 11) is 5.70. The summed E-state index contributed by atoms with van der Waals surface area (Å²) < 4.78 is 10.9. The van der Waals surface area contributed by atoms with Gasteiger partial charge in [0.1, 0.15) is 5.75 Å². The third-order valence-electron chi connectivity index (χ3n) is 7.20. The molecule has 29 heavy (non-hydrogen) atoms. The van der Waals surface area contributed by atoms with Gasteiger partial charge in [0.25, 0.3) is 0 Å². The zero-order chi connectivity index (χ0) is 20.2. The molecule has 2 aliphatic rings. The molecule has 2 atom stereocenters. The molecule has 4 rings (SSSR count). The molecule has 2 unspecified atom stereocenters. The van der Waals surface area contributed by atoms with Crippen LogP contribution in [0.25, 0.3) is 10.8 Å². The fourth-order valence-electron chi connectivity index (χ4n) is 5.53. The first kappa shape index (κ1) is 20.6. The Morgan fingerprint density at radius 3 is 2.45 bits per heavy atom. The summed E-state index contributed by atoms with van der Waals surface area (Å²) in [5.74, 6) is 1.58. The molecular weight excluding hydrogens is 360 g/mol. The smallest absolute Gasteiger partial charge is 0.119 e. The predicted octanol–water partition coefficient (Wildman–Crippen LogP) is 4.78. The van der Waals surface area contributed by atoms with E-state index in [2.05, 4.69) is 53.7 Å². The molecular formula is C25H36N2O2. The van der Waals surface area contributed by atoms with Gasteiger partial charge < -0.3 is 19.7 Å². The van der Waals surface area contributed by atoms with E-state index in [1.54, 1.807) is 7.11 Å². The second kappa shape index (κ2) is 9.46. The van der Waals surface area contributed by atoms with E-state index in [4.69, 9.17) is 9.47 Å². The number of hydrogen-bond donors (Lipinski definition) is 1. The number of hydrogen-bond acceptors (Lipinski definition) is 4. The lowest BCUT2D eigenvalue weighted by Gasteiger charge is -2.43. The van der Waals surface area contributed by atoms with E-state index in [0.717, 1.165) is 11.8 Å². The molecule has 1 heterocycles. The van der Waals surface area contributed by atoms with E-state index in [1.807, 2.05) is 7.11 Å². The average molecular weight is 397 g/mol. The van der Waals surface area contributed by atoms with E-state index in [-0.39, 0.29) is 0 Å². The van der Waals surface area contributed by atoms with Crippen LogP contribution in [0.3, 0.4) is 0 Å². The van der Waals surface area contributed by atoms with Gasteiger partial charge in [-0.3, -0.25) is 0 Å². The maximum atomic E-state index is 5.57. The molecule has 0 bridgehead atoms. The predicted molar refractivity (Wildman–Crippen MR) is 120 cm³/mol. The zero-order valence-electron chi connectivity index (χ0n) is 18.2. The Kier molecular flexibility index (Phi) is 6.74. The largest absolute Gasteiger partial charge is 0.497 e. The SMILES string of the molecule is CNC(c1ccc2cc(OC)ccc2c1)C1CCCN(C2CCC(OC)CC2)C1. The second-order valence-electron chi connectivity index (χ2n) is 8.80. The third-order valence-corrected chi connectivity index (χ3v) is 7.20. The van der Waals surface area contributed by atoms with Gasteiger partial charge in [-0.05, 0) is 92.6 Å². The van der Waals surface area contributed by atoms with Gasteiger partial charge in [0.15, 0.2) is 0 Å². The van der Waals surface area contributed by atoms with Gasteiger partial charge in [-0.25, -0.2) is 0 Å². The summed E-state index contributed by atoms with van der Waals surface area (Å²) in [6.07, 6.45) is 8.08. The van der Waals surface area contributed by atoms with Gasteiger partial charge in [0.05, 0.1) is 13.2 Å². The van der Waals surface area contributed by atoms with Crippen LogP contribution in [0.1, 0.15) is 50.1 Å². The maximum Gasteiger partial charge on any atom is 0.119 e. The first-order valence-corrected chi connectivity index (χ1v) is 11.2. The van der Waals surface area contributed by atoms with E-state index in [0.29, 0.717) is 18.1 Å². The van der Waals surface area contributed by atoms with Gasteiger partial charge in [-0.1, -0.05) is 18.2 Å². The summed E-state index contributed by atoms with van der Waals surface area (Å²) in [5, 5.41) is 6.17. The second-order valence-corrected chi connectivity index (χ2v) is 8.80.